The average Bonchev–Trinajstić information content (AvgIpc) is 3.96. The summed E-state index contributed by atoms with van der Waals surface area (Å²) in [6.45, 7) is 40.1. The van der Waals surface area contributed by atoms with Crippen LogP contribution in [-0.4, -0.2) is 121 Å². The zero-order valence-electron chi connectivity index (χ0n) is 43.8. The molecule has 9 nitrogen and oxygen atoms in total. The van der Waals surface area contributed by atoms with Gasteiger partial charge >= 0.3 is 300 Å². The van der Waals surface area contributed by atoms with Gasteiger partial charge < -0.3 is 0 Å². The van der Waals surface area contributed by atoms with Gasteiger partial charge in [0.05, 0.1) is 0 Å². The molecule has 368 valence electrons. The maximum absolute atomic E-state index is 6.33. The number of ether oxygens (including phenoxy) is 3. The van der Waals surface area contributed by atoms with Crippen molar-refractivity contribution >= 4 is 89.2 Å². The van der Waals surface area contributed by atoms with Crippen LogP contribution < -0.4 is 9.81 Å². The van der Waals surface area contributed by atoms with Crippen molar-refractivity contribution in [3.8, 4) is 0 Å². The summed E-state index contributed by atoms with van der Waals surface area (Å²) in [5, 5.41) is 4.37. The van der Waals surface area contributed by atoms with Gasteiger partial charge in [0, 0.05) is 0 Å². The first-order chi connectivity index (χ1) is 31.3. The summed E-state index contributed by atoms with van der Waals surface area (Å²) in [6, 6.07) is 28.4. The van der Waals surface area contributed by atoms with Crippen molar-refractivity contribution in [1.29, 1.82) is 0 Å². The molecule has 0 aliphatic carbocycles. The molecule has 0 atom stereocenters. The minimum atomic E-state index is -2.85. The predicted octanol–water partition coefficient (Wildman–Crippen LogP) is 11.4. The molecule has 13 heteroatoms. The van der Waals surface area contributed by atoms with Crippen LogP contribution in [0.2, 0.25) is 54.4 Å². The van der Waals surface area contributed by atoms with E-state index in [2.05, 4.69) is 189 Å². The van der Waals surface area contributed by atoms with Crippen molar-refractivity contribution < 1.29 is 27.5 Å². The van der Waals surface area contributed by atoms with Gasteiger partial charge in [-0.25, -0.2) is 0 Å². The topological polar surface area (TPSA) is 103 Å². The molecule has 0 unspecified atom stereocenters. The number of fused-ring (bicyclic) bond motifs is 3. The fraction of sp³-hybridized carbons (Fsp3) is 0.556. The summed E-state index contributed by atoms with van der Waals surface area (Å²) >= 11 is -2.85. The van der Waals surface area contributed by atoms with E-state index < -0.39 is 46.7 Å². The quantitative estimate of drug-likeness (QED) is 0.0412. The van der Waals surface area contributed by atoms with E-state index in [0.717, 1.165) is 19.3 Å². The van der Waals surface area contributed by atoms with Crippen LogP contribution in [0.4, 0.5) is 0 Å². The predicted molar refractivity (Wildman–Crippen MR) is 293 cm³/mol. The van der Waals surface area contributed by atoms with Crippen molar-refractivity contribution in [2.45, 2.75) is 136 Å². The molecule has 3 aromatic carbocycles. The summed E-state index contributed by atoms with van der Waals surface area (Å²) in [4.78, 5) is 11.1. The zero-order valence-corrected chi connectivity index (χ0v) is 50.3. The van der Waals surface area contributed by atoms with Gasteiger partial charge in [-0.3, -0.25) is 0 Å². The molecule has 0 saturated heterocycles. The molecular formula is C54H84BiN3O6Si3. The van der Waals surface area contributed by atoms with Crippen molar-refractivity contribution in [2.24, 2.45) is 0 Å². The first-order valence-electron chi connectivity index (χ1n) is 24.6. The van der Waals surface area contributed by atoms with Crippen molar-refractivity contribution in [2.75, 3.05) is 59.5 Å². The van der Waals surface area contributed by atoms with Crippen molar-refractivity contribution in [3.63, 3.8) is 0 Å². The summed E-state index contributed by atoms with van der Waals surface area (Å²) in [5.41, 5.74) is 7.11. The monoisotopic (exact) mass is 1160 g/mol. The Hall–Kier alpha value is -2.43. The van der Waals surface area contributed by atoms with Crippen LogP contribution in [0.25, 0.3) is 32.7 Å². The third kappa shape index (κ3) is 14.4. The van der Waals surface area contributed by atoms with Gasteiger partial charge in [0.25, 0.3) is 0 Å². The Balaban J connectivity index is 1.17. The second-order valence-corrected chi connectivity index (χ2v) is 46.0. The maximum atomic E-state index is 6.33. The summed E-state index contributed by atoms with van der Waals surface area (Å²) in [7, 11) is -5.33. The number of aromatic nitrogens is 3. The van der Waals surface area contributed by atoms with Crippen LogP contribution in [0, 0.1) is 0 Å². The van der Waals surface area contributed by atoms with E-state index in [1.807, 2.05) is 0 Å². The van der Waals surface area contributed by atoms with Crippen LogP contribution in [0.15, 0.2) is 72.8 Å². The summed E-state index contributed by atoms with van der Waals surface area (Å²) in [6.07, 6.45) is 2.50. The molecule has 0 fully saturated rings. The summed E-state index contributed by atoms with van der Waals surface area (Å²) in [5.74, 6) is 0. The van der Waals surface area contributed by atoms with E-state index in [9.17, 15) is 0 Å². The third-order valence-electron chi connectivity index (χ3n) is 14.8. The Morgan fingerprint density at radius 3 is 0.896 bits per heavy atom. The Morgan fingerprint density at radius 1 is 0.373 bits per heavy atom. The molecular weight excluding hydrogens is 1080 g/mol. The van der Waals surface area contributed by atoms with Crippen molar-refractivity contribution in [1.82, 2.24) is 15.0 Å². The number of nitrogens with one attached hydrogen (secondary N) is 3. The molecule has 6 rings (SSSR count). The van der Waals surface area contributed by atoms with E-state index >= 15 is 0 Å². The van der Waals surface area contributed by atoms with Crippen LogP contribution in [0.5, 0.6) is 0 Å². The van der Waals surface area contributed by atoms with E-state index in [-0.39, 0.29) is 15.1 Å². The second kappa shape index (κ2) is 22.3. The second-order valence-electron chi connectivity index (χ2n) is 22.9. The molecule has 0 radical (unpaired) electrons. The first kappa shape index (κ1) is 53.9. The van der Waals surface area contributed by atoms with Gasteiger partial charge in [0.2, 0.25) is 0 Å². The third-order valence-corrected chi connectivity index (χ3v) is 37.7. The number of H-pyrrole nitrogens is 3. The first-order valence-corrected chi connectivity index (χ1v) is 38.6. The molecule has 0 saturated carbocycles. The fourth-order valence-electron chi connectivity index (χ4n) is 7.38. The van der Waals surface area contributed by atoms with Gasteiger partial charge in [-0.05, 0) is 54.4 Å². The van der Waals surface area contributed by atoms with E-state index in [4.69, 9.17) is 27.5 Å². The Labute approximate surface area is 414 Å². The number of hydrogen-bond acceptors (Lipinski definition) is 6. The Morgan fingerprint density at radius 2 is 0.642 bits per heavy atom. The van der Waals surface area contributed by atoms with Crippen LogP contribution >= 0.6 is 0 Å². The van der Waals surface area contributed by atoms with Gasteiger partial charge in [-0.15, -0.1) is 0 Å². The zero-order chi connectivity index (χ0) is 48.8. The normalized spacial score (nSPS) is 13.6. The SMILES string of the molecule is CC(C)(C)[Si](C)(C)OCCOCCc1cc2c[c]([Bi]([c]3ccc4[nH]c(CCOCCO[Si](C)(C)C(C)(C)C)cc4c3)[c]3ccc4[nH]c(CCOCCO[Si](C)(C)C(C)(C)C)cc4c3)ccc2[nH]1. The standard InChI is InChI=1S/3C18H28NO2Si.Bi/c3*1-18(2,3)22(4,5)21-13-12-20-11-10-16-14-15-8-6-7-9-17(15)19-16;/h3*7-9,14,19H,10-13H2,1-5H3;. The molecule has 0 aliphatic rings. The molecule has 0 aliphatic heterocycles. The molecule has 3 aromatic heterocycles. The molecule has 6 aromatic rings. The van der Waals surface area contributed by atoms with Crippen LogP contribution in [-0.2, 0) is 46.8 Å². The molecule has 0 bridgehead atoms. The van der Waals surface area contributed by atoms with Crippen LogP contribution in [0.1, 0.15) is 79.4 Å². The number of rotatable bonds is 24. The minimum absolute atomic E-state index is 0.198. The van der Waals surface area contributed by atoms with E-state index in [1.54, 1.807) is 0 Å². The molecule has 3 heterocycles. The van der Waals surface area contributed by atoms with Gasteiger partial charge in [0.1, 0.15) is 0 Å². The molecule has 67 heavy (non-hydrogen) atoms. The summed E-state index contributed by atoms with van der Waals surface area (Å²) < 4.78 is 41.6. The van der Waals surface area contributed by atoms with E-state index in [1.165, 1.54) is 59.6 Å². The molecule has 0 amide bonds. The fourth-order valence-corrected chi connectivity index (χ4v) is 19.7. The van der Waals surface area contributed by atoms with Gasteiger partial charge in [0.15, 0.2) is 0 Å². The van der Waals surface area contributed by atoms with Gasteiger partial charge in [-0.2, -0.15) is 0 Å². The van der Waals surface area contributed by atoms with Crippen LogP contribution in [0.3, 0.4) is 0 Å². The Kier molecular flexibility index (Phi) is 18.0. The van der Waals surface area contributed by atoms with Crippen molar-refractivity contribution in [3.05, 3.63) is 89.9 Å². The Bertz CT molecular complexity index is 2250. The molecule has 0 spiro atoms. The number of aromatic amines is 3. The molecule has 3 N–H and O–H groups in total. The van der Waals surface area contributed by atoms with Gasteiger partial charge in [-0.1, -0.05) is 62.3 Å². The van der Waals surface area contributed by atoms with E-state index in [0.29, 0.717) is 59.5 Å². The average molecular weight is 1160 g/mol. The number of benzene rings is 3. The number of hydrogen-bond donors (Lipinski definition) is 3.